The Morgan fingerprint density at radius 1 is 1.14 bits per heavy atom. The second kappa shape index (κ2) is 8.48. The molecule has 0 unspecified atom stereocenters. The summed E-state index contributed by atoms with van der Waals surface area (Å²) in [5.41, 5.74) is 0.300. The van der Waals surface area contributed by atoms with Gasteiger partial charge in [-0.15, -0.1) is 13.2 Å². The van der Waals surface area contributed by atoms with E-state index in [2.05, 4.69) is 14.2 Å². The quantitative estimate of drug-likeness (QED) is 0.668. The van der Waals surface area contributed by atoms with Crippen LogP contribution in [-0.4, -0.2) is 39.0 Å². The van der Waals surface area contributed by atoms with Crippen LogP contribution in [0.15, 0.2) is 53.4 Å². The van der Waals surface area contributed by atoms with Crippen LogP contribution in [0.5, 0.6) is 11.5 Å². The molecule has 0 amide bonds. The molecule has 0 saturated carbocycles. The van der Waals surface area contributed by atoms with Crippen molar-refractivity contribution >= 4 is 16.0 Å². The third kappa shape index (κ3) is 5.86. The van der Waals surface area contributed by atoms with Gasteiger partial charge in [-0.3, -0.25) is 4.79 Å². The summed E-state index contributed by atoms with van der Waals surface area (Å²) >= 11 is 0. The molecule has 2 N–H and O–H groups in total. The number of sulfonamides is 1. The summed E-state index contributed by atoms with van der Waals surface area (Å²) in [7, 11) is -3.21. The SMILES string of the molecule is COC(=O)[C@@H](Cc1ccccc1O)NS(=O)(=O)c1ccc(OC(F)(F)F)cc1. The third-order valence-electron chi connectivity index (χ3n) is 3.57. The lowest BCUT2D eigenvalue weighted by molar-refractivity contribution is -0.274. The Morgan fingerprint density at radius 2 is 1.75 bits per heavy atom. The van der Waals surface area contributed by atoms with Crippen molar-refractivity contribution in [2.24, 2.45) is 0 Å². The number of aromatic hydroxyl groups is 1. The Balaban J connectivity index is 2.22. The number of hydrogen-bond donors (Lipinski definition) is 2. The molecule has 2 aromatic carbocycles. The standard InChI is InChI=1S/C17H16F3NO6S/c1-26-16(23)14(10-11-4-2-3-5-15(11)22)21-28(24,25)13-8-6-12(7-9-13)27-17(18,19)20/h2-9,14,21-22H,10H2,1H3/t14-/m1/s1. The molecule has 0 bridgehead atoms. The molecule has 0 heterocycles. The summed E-state index contributed by atoms with van der Waals surface area (Å²) < 4.78 is 71.9. The van der Waals surface area contributed by atoms with Gasteiger partial charge in [0.05, 0.1) is 12.0 Å². The Bertz CT molecular complexity index is 929. The van der Waals surface area contributed by atoms with Gasteiger partial charge in [0.1, 0.15) is 17.5 Å². The lowest BCUT2D eigenvalue weighted by Crippen LogP contribution is -2.43. The number of benzene rings is 2. The second-order valence-electron chi connectivity index (χ2n) is 5.55. The highest BCUT2D eigenvalue weighted by Crippen LogP contribution is 2.24. The van der Waals surface area contributed by atoms with Crippen LogP contribution in [0.4, 0.5) is 13.2 Å². The summed E-state index contributed by atoms with van der Waals surface area (Å²) in [6.45, 7) is 0. The number of hydrogen-bond acceptors (Lipinski definition) is 6. The number of esters is 1. The van der Waals surface area contributed by atoms with Crippen molar-refractivity contribution in [3.63, 3.8) is 0 Å². The van der Waals surface area contributed by atoms with Gasteiger partial charge in [-0.1, -0.05) is 18.2 Å². The molecule has 0 radical (unpaired) electrons. The van der Waals surface area contributed by atoms with Crippen molar-refractivity contribution in [1.29, 1.82) is 0 Å². The zero-order chi connectivity index (χ0) is 20.9. The number of ether oxygens (including phenoxy) is 2. The van der Waals surface area contributed by atoms with Crippen LogP contribution in [0, 0.1) is 0 Å². The maximum Gasteiger partial charge on any atom is 0.573 e. The number of carbonyl (C=O) groups is 1. The van der Waals surface area contributed by atoms with E-state index in [0.29, 0.717) is 5.56 Å². The molecule has 2 rings (SSSR count). The molecule has 0 aliphatic heterocycles. The highest BCUT2D eigenvalue weighted by atomic mass is 32.2. The summed E-state index contributed by atoms with van der Waals surface area (Å²) in [5.74, 6) is -1.63. The molecule has 11 heteroatoms. The number of phenols is 1. The van der Waals surface area contributed by atoms with E-state index in [-0.39, 0.29) is 17.1 Å². The Hall–Kier alpha value is -2.79. The zero-order valence-electron chi connectivity index (χ0n) is 14.4. The summed E-state index contributed by atoms with van der Waals surface area (Å²) in [4.78, 5) is 11.6. The molecule has 0 aromatic heterocycles. The van der Waals surface area contributed by atoms with Crippen LogP contribution in [0.1, 0.15) is 5.56 Å². The molecular weight excluding hydrogens is 403 g/mol. The van der Waals surface area contributed by atoms with E-state index in [1.807, 2.05) is 0 Å². The zero-order valence-corrected chi connectivity index (χ0v) is 15.3. The number of alkyl halides is 3. The molecule has 0 saturated heterocycles. The van der Waals surface area contributed by atoms with Crippen molar-refractivity contribution in [1.82, 2.24) is 4.72 Å². The lowest BCUT2D eigenvalue weighted by atomic mass is 10.1. The van der Waals surface area contributed by atoms with E-state index in [0.717, 1.165) is 31.4 Å². The van der Waals surface area contributed by atoms with Crippen LogP contribution in [0.3, 0.4) is 0 Å². The minimum atomic E-state index is -4.91. The molecule has 0 fully saturated rings. The number of methoxy groups -OCH3 is 1. The monoisotopic (exact) mass is 419 g/mol. The lowest BCUT2D eigenvalue weighted by Gasteiger charge is -2.17. The number of phenolic OH excluding ortho intramolecular Hbond substituents is 1. The number of halogens is 3. The summed E-state index contributed by atoms with van der Waals surface area (Å²) in [5, 5.41) is 9.82. The molecule has 152 valence electrons. The van der Waals surface area contributed by atoms with Gasteiger partial charge in [0.25, 0.3) is 0 Å². The van der Waals surface area contributed by atoms with Crippen molar-refractivity contribution in [2.45, 2.75) is 23.7 Å². The van der Waals surface area contributed by atoms with Crippen molar-refractivity contribution in [3.8, 4) is 11.5 Å². The van der Waals surface area contributed by atoms with Gasteiger partial charge in [0.2, 0.25) is 10.0 Å². The Kier molecular flexibility index (Phi) is 6.52. The summed E-state index contributed by atoms with van der Waals surface area (Å²) in [6.07, 6.45) is -5.11. The second-order valence-corrected chi connectivity index (χ2v) is 7.26. The molecule has 28 heavy (non-hydrogen) atoms. The van der Waals surface area contributed by atoms with Gasteiger partial charge in [-0.05, 0) is 35.9 Å². The smallest absolute Gasteiger partial charge is 0.508 e. The van der Waals surface area contributed by atoms with E-state index in [1.165, 1.54) is 12.1 Å². The number of carbonyl (C=O) groups excluding carboxylic acids is 1. The minimum absolute atomic E-state index is 0.135. The molecule has 0 aliphatic carbocycles. The number of para-hydroxylation sites is 1. The maximum atomic E-state index is 12.5. The predicted octanol–water partition coefficient (Wildman–Crippen LogP) is 2.35. The average molecular weight is 419 g/mol. The van der Waals surface area contributed by atoms with E-state index in [9.17, 15) is 31.5 Å². The first kappa shape index (κ1) is 21.5. The first-order valence-electron chi connectivity index (χ1n) is 7.74. The fourth-order valence-corrected chi connectivity index (χ4v) is 3.48. The van der Waals surface area contributed by atoms with Crippen LogP contribution < -0.4 is 9.46 Å². The fraction of sp³-hybridized carbons (Fsp3) is 0.235. The topological polar surface area (TPSA) is 102 Å². The first-order chi connectivity index (χ1) is 13.0. The van der Waals surface area contributed by atoms with Gasteiger partial charge < -0.3 is 14.6 Å². The van der Waals surface area contributed by atoms with Crippen molar-refractivity contribution in [2.75, 3.05) is 7.11 Å². The fourth-order valence-electron chi connectivity index (χ4n) is 2.29. The Morgan fingerprint density at radius 3 is 2.29 bits per heavy atom. The highest BCUT2D eigenvalue weighted by molar-refractivity contribution is 7.89. The molecule has 0 aliphatic rings. The normalized spacial score (nSPS) is 13.0. The van der Waals surface area contributed by atoms with Gasteiger partial charge in [-0.25, -0.2) is 8.42 Å². The number of nitrogens with one attached hydrogen (secondary N) is 1. The molecule has 7 nitrogen and oxygen atoms in total. The van der Waals surface area contributed by atoms with Crippen LogP contribution in [0.25, 0.3) is 0 Å². The van der Waals surface area contributed by atoms with E-state index >= 15 is 0 Å². The van der Waals surface area contributed by atoms with Gasteiger partial charge in [-0.2, -0.15) is 4.72 Å². The molecule has 0 spiro atoms. The van der Waals surface area contributed by atoms with E-state index in [4.69, 9.17) is 0 Å². The highest BCUT2D eigenvalue weighted by Gasteiger charge is 2.31. The maximum absolute atomic E-state index is 12.5. The van der Waals surface area contributed by atoms with Gasteiger partial charge in [0.15, 0.2) is 0 Å². The molecule has 2 aromatic rings. The molecule has 1 atom stereocenters. The third-order valence-corrected chi connectivity index (χ3v) is 5.05. The largest absolute Gasteiger partial charge is 0.573 e. The van der Waals surface area contributed by atoms with Gasteiger partial charge >= 0.3 is 12.3 Å². The van der Waals surface area contributed by atoms with E-state index in [1.54, 1.807) is 12.1 Å². The summed E-state index contributed by atoms with van der Waals surface area (Å²) in [6, 6.07) is 8.12. The first-order valence-corrected chi connectivity index (χ1v) is 9.23. The van der Waals surface area contributed by atoms with Crippen LogP contribution in [0.2, 0.25) is 0 Å². The average Bonchev–Trinajstić information content (AvgIpc) is 2.61. The number of rotatable bonds is 7. The van der Waals surface area contributed by atoms with Gasteiger partial charge in [0, 0.05) is 6.42 Å². The van der Waals surface area contributed by atoms with Crippen LogP contribution >= 0.6 is 0 Å². The van der Waals surface area contributed by atoms with Crippen molar-refractivity contribution in [3.05, 3.63) is 54.1 Å². The molecular formula is C17H16F3NO6S. The minimum Gasteiger partial charge on any atom is -0.508 e. The van der Waals surface area contributed by atoms with E-state index < -0.39 is 34.1 Å². The predicted molar refractivity (Wildman–Crippen MR) is 91.1 cm³/mol. The van der Waals surface area contributed by atoms with Crippen molar-refractivity contribution < 1.29 is 41.0 Å². The van der Waals surface area contributed by atoms with Crippen LogP contribution in [-0.2, 0) is 26.0 Å². The Labute approximate surface area is 158 Å².